The van der Waals surface area contributed by atoms with Crippen LogP contribution >= 0.6 is 0 Å². The lowest BCUT2D eigenvalue weighted by atomic mass is 9.85. The molecule has 0 aromatic heterocycles. The minimum Gasteiger partial charge on any atom is -0.506 e. The van der Waals surface area contributed by atoms with Gasteiger partial charge in [0.1, 0.15) is 5.75 Å². The molecule has 4 nitrogen and oxygen atoms in total. The van der Waals surface area contributed by atoms with Crippen LogP contribution in [0, 0.1) is 0 Å². The van der Waals surface area contributed by atoms with Crippen LogP contribution in [0.5, 0.6) is 5.75 Å². The van der Waals surface area contributed by atoms with E-state index in [1.807, 2.05) is 7.05 Å². The van der Waals surface area contributed by atoms with Crippen LogP contribution in [0.4, 0.5) is 5.69 Å². The summed E-state index contributed by atoms with van der Waals surface area (Å²) < 4.78 is 0. The number of aliphatic hydroxyl groups excluding tert-OH is 1. The number of benzene rings is 1. The number of hydrogen-bond donors (Lipinski definition) is 4. The summed E-state index contributed by atoms with van der Waals surface area (Å²) >= 11 is 0. The zero-order chi connectivity index (χ0) is 11.0. The molecule has 0 saturated heterocycles. The van der Waals surface area contributed by atoms with Gasteiger partial charge in [0.05, 0.1) is 11.8 Å². The van der Waals surface area contributed by atoms with E-state index >= 15 is 0 Å². The third-order valence-corrected chi connectivity index (χ3v) is 3.15. The summed E-state index contributed by atoms with van der Waals surface area (Å²) in [5, 5.41) is 22.6. The molecule has 0 spiro atoms. The van der Waals surface area contributed by atoms with E-state index in [0.717, 1.165) is 24.0 Å². The van der Waals surface area contributed by atoms with Crippen LogP contribution in [0.3, 0.4) is 0 Å². The number of aliphatic hydroxyl groups is 1. The van der Waals surface area contributed by atoms with Gasteiger partial charge < -0.3 is 21.3 Å². The molecule has 4 heteroatoms. The number of phenolic OH excluding ortho intramolecular Hbond substituents is 1. The Morgan fingerprint density at radius 1 is 1.47 bits per heavy atom. The number of likely N-dealkylation sites (N-methyl/N-ethyl adjacent to an activating group) is 1. The second-order valence-electron chi connectivity index (χ2n) is 3.94. The molecule has 0 bridgehead atoms. The smallest absolute Gasteiger partial charge is 0.138 e. The standard InChI is InChI=1S/C11H16N2O2/c1-13-8-4-2-6-7(11(8)15)3-5-9(14)10(6)12/h3,5,8,11,13-15H,2,4,12H2,1H3/t8-,11-/m1/s1. The SMILES string of the molecule is CN[C@@H]1CCc2c(ccc(O)c2N)[C@H]1O. The summed E-state index contributed by atoms with van der Waals surface area (Å²) in [6.45, 7) is 0. The summed E-state index contributed by atoms with van der Waals surface area (Å²) in [5.74, 6) is 0.101. The topological polar surface area (TPSA) is 78.5 Å². The molecule has 0 amide bonds. The lowest BCUT2D eigenvalue weighted by Crippen LogP contribution is -2.36. The van der Waals surface area contributed by atoms with E-state index in [9.17, 15) is 10.2 Å². The molecular weight excluding hydrogens is 192 g/mol. The number of rotatable bonds is 1. The number of phenols is 1. The average Bonchev–Trinajstić information content (AvgIpc) is 2.24. The van der Waals surface area contributed by atoms with Crippen molar-refractivity contribution in [2.75, 3.05) is 12.8 Å². The lowest BCUT2D eigenvalue weighted by Gasteiger charge is -2.30. The van der Waals surface area contributed by atoms with E-state index < -0.39 is 6.10 Å². The fourth-order valence-corrected chi connectivity index (χ4v) is 2.20. The van der Waals surface area contributed by atoms with Gasteiger partial charge in [0, 0.05) is 6.04 Å². The lowest BCUT2D eigenvalue weighted by molar-refractivity contribution is 0.119. The van der Waals surface area contributed by atoms with Crippen LogP contribution in [0.2, 0.25) is 0 Å². The molecule has 0 unspecified atom stereocenters. The highest BCUT2D eigenvalue weighted by molar-refractivity contribution is 5.62. The number of nitrogen functional groups attached to an aromatic ring is 1. The van der Waals surface area contributed by atoms with Crippen molar-refractivity contribution in [2.24, 2.45) is 0 Å². The van der Waals surface area contributed by atoms with Gasteiger partial charge >= 0.3 is 0 Å². The first-order valence-electron chi connectivity index (χ1n) is 5.10. The molecule has 1 aliphatic rings. The van der Waals surface area contributed by atoms with Gasteiger partial charge in [-0.3, -0.25) is 0 Å². The highest BCUT2D eigenvalue weighted by Crippen LogP contribution is 2.37. The minimum absolute atomic E-state index is 0.0708. The molecule has 1 aromatic carbocycles. The van der Waals surface area contributed by atoms with Crippen LogP contribution < -0.4 is 11.1 Å². The summed E-state index contributed by atoms with van der Waals surface area (Å²) in [4.78, 5) is 0. The van der Waals surface area contributed by atoms with E-state index in [0.29, 0.717) is 5.69 Å². The maximum absolute atomic E-state index is 10.0. The third kappa shape index (κ3) is 1.56. The first-order chi connectivity index (χ1) is 7.15. The summed E-state index contributed by atoms with van der Waals surface area (Å²) in [7, 11) is 1.84. The first kappa shape index (κ1) is 10.3. The molecule has 0 radical (unpaired) electrons. The van der Waals surface area contributed by atoms with Crippen LogP contribution in [-0.2, 0) is 6.42 Å². The fourth-order valence-electron chi connectivity index (χ4n) is 2.20. The number of nitrogens with two attached hydrogens (primary N) is 1. The Bertz CT molecular complexity index is 379. The van der Waals surface area contributed by atoms with Crippen molar-refractivity contribution < 1.29 is 10.2 Å². The van der Waals surface area contributed by atoms with Crippen LogP contribution in [-0.4, -0.2) is 23.3 Å². The van der Waals surface area contributed by atoms with Crippen LogP contribution in [0.1, 0.15) is 23.7 Å². The largest absolute Gasteiger partial charge is 0.506 e. The highest BCUT2D eigenvalue weighted by atomic mass is 16.3. The predicted octanol–water partition coefficient (Wildman–Crippen LogP) is 0.542. The second-order valence-corrected chi connectivity index (χ2v) is 3.94. The van der Waals surface area contributed by atoms with Crippen molar-refractivity contribution >= 4 is 5.69 Å². The van der Waals surface area contributed by atoms with Gasteiger partial charge in [0.2, 0.25) is 0 Å². The van der Waals surface area contributed by atoms with E-state index in [4.69, 9.17) is 5.73 Å². The Morgan fingerprint density at radius 2 is 2.20 bits per heavy atom. The quantitative estimate of drug-likeness (QED) is 0.401. The maximum Gasteiger partial charge on any atom is 0.138 e. The van der Waals surface area contributed by atoms with Gasteiger partial charge in [-0.05, 0) is 37.1 Å². The number of nitrogens with one attached hydrogen (secondary N) is 1. The second kappa shape index (κ2) is 3.72. The monoisotopic (exact) mass is 208 g/mol. The normalized spacial score (nSPS) is 24.9. The average molecular weight is 208 g/mol. The number of anilines is 1. The van der Waals surface area contributed by atoms with E-state index in [-0.39, 0.29) is 11.8 Å². The van der Waals surface area contributed by atoms with Gasteiger partial charge in [-0.1, -0.05) is 6.07 Å². The molecule has 1 aromatic rings. The Morgan fingerprint density at radius 3 is 2.87 bits per heavy atom. The Kier molecular flexibility index (Phi) is 2.54. The van der Waals surface area contributed by atoms with E-state index in [2.05, 4.69) is 5.32 Å². The van der Waals surface area contributed by atoms with Gasteiger partial charge in [-0.15, -0.1) is 0 Å². The van der Waals surface area contributed by atoms with Crippen molar-refractivity contribution in [3.63, 3.8) is 0 Å². The Balaban J connectivity index is 2.45. The van der Waals surface area contributed by atoms with Crippen LogP contribution in [0.15, 0.2) is 12.1 Å². The van der Waals surface area contributed by atoms with Crippen molar-refractivity contribution in [1.29, 1.82) is 0 Å². The number of hydrogen-bond acceptors (Lipinski definition) is 4. The molecule has 1 aliphatic carbocycles. The Labute approximate surface area is 88.7 Å². The summed E-state index contributed by atoms with van der Waals surface area (Å²) in [6.07, 6.45) is 1.08. The third-order valence-electron chi connectivity index (χ3n) is 3.15. The zero-order valence-corrected chi connectivity index (χ0v) is 8.70. The molecule has 15 heavy (non-hydrogen) atoms. The minimum atomic E-state index is -0.540. The molecule has 0 fully saturated rings. The van der Waals surface area contributed by atoms with E-state index in [1.54, 1.807) is 6.07 Å². The van der Waals surface area contributed by atoms with Crippen molar-refractivity contribution in [3.8, 4) is 5.75 Å². The molecule has 2 atom stereocenters. The van der Waals surface area contributed by atoms with Gasteiger partial charge in [0.25, 0.3) is 0 Å². The molecule has 5 N–H and O–H groups in total. The van der Waals surface area contributed by atoms with Gasteiger partial charge in [-0.25, -0.2) is 0 Å². The Hall–Kier alpha value is -1.26. The van der Waals surface area contributed by atoms with Crippen LogP contribution in [0.25, 0.3) is 0 Å². The molecule has 82 valence electrons. The van der Waals surface area contributed by atoms with Crippen molar-refractivity contribution in [3.05, 3.63) is 23.3 Å². The number of aromatic hydroxyl groups is 1. The summed E-state index contributed by atoms with van der Waals surface area (Å²) in [6, 6.07) is 3.35. The zero-order valence-electron chi connectivity index (χ0n) is 8.70. The van der Waals surface area contributed by atoms with Crippen molar-refractivity contribution in [1.82, 2.24) is 5.32 Å². The maximum atomic E-state index is 10.0. The highest BCUT2D eigenvalue weighted by Gasteiger charge is 2.28. The molecule has 0 heterocycles. The van der Waals surface area contributed by atoms with E-state index in [1.165, 1.54) is 6.07 Å². The number of fused-ring (bicyclic) bond motifs is 1. The molecule has 0 aliphatic heterocycles. The summed E-state index contributed by atoms with van der Waals surface area (Å²) in [5.41, 5.74) is 7.89. The van der Waals surface area contributed by atoms with Gasteiger partial charge in [0.15, 0.2) is 0 Å². The fraction of sp³-hybridized carbons (Fsp3) is 0.455. The first-order valence-corrected chi connectivity index (χ1v) is 5.10. The van der Waals surface area contributed by atoms with Crippen molar-refractivity contribution in [2.45, 2.75) is 25.0 Å². The van der Waals surface area contributed by atoms with Gasteiger partial charge in [-0.2, -0.15) is 0 Å². The molecule has 2 rings (SSSR count). The molecular formula is C11H16N2O2. The molecule has 0 saturated carbocycles. The predicted molar refractivity (Wildman–Crippen MR) is 58.6 cm³/mol.